The quantitative estimate of drug-likeness (QED) is 0.767. The molecule has 0 aliphatic carbocycles. The van der Waals surface area contributed by atoms with Gasteiger partial charge in [-0.1, -0.05) is 19.9 Å². The lowest BCUT2D eigenvalue weighted by molar-refractivity contribution is 0.0661. The molecule has 6 heteroatoms. The van der Waals surface area contributed by atoms with Crippen LogP contribution >= 0.6 is 12.4 Å². The Balaban J connectivity index is 0.00000364. The van der Waals surface area contributed by atoms with E-state index in [9.17, 15) is 9.59 Å². The number of piperidine rings is 1. The molecule has 1 saturated heterocycles. The second kappa shape index (κ2) is 11.3. The van der Waals surface area contributed by atoms with Crippen molar-refractivity contribution in [2.45, 2.75) is 52.5 Å². The maximum Gasteiger partial charge on any atom is 0.253 e. The van der Waals surface area contributed by atoms with Gasteiger partial charge < -0.3 is 15.5 Å². The van der Waals surface area contributed by atoms with Gasteiger partial charge in [-0.2, -0.15) is 0 Å². The summed E-state index contributed by atoms with van der Waals surface area (Å²) in [6.45, 7) is 9.10. The molecule has 152 valence electrons. The zero-order chi connectivity index (χ0) is 19.1. The molecule has 0 aromatic heterocycles. The maximum absolute atomic E-state index is 12.9. The molecule has 2 rings (SSSR count). The number of hydrogen-bond acceptors (Lipinski definition) is 3. The maximum atomic E-state index is 12.9. The molecule has 0 saturated carbocycles. The minimum Gasteiger partial charge on any atom is -0.339 e. The summed E-state index contributed by atoms with van der Waals surface area (Å²) >= 11 is 0. The standard InChI is InChI=1S/C21H33N3O2.ClH/c1-4-11-23(12-5-2)20(25)17-8-6-9-18(14-17)21(26)24-13-7-10-19(15-24)16(3)22;/h6,8-9,14,16,19H,4-5,7,10-13,15,22H2,1-3H3;1H. The lowest BCUT2D eigenvalue weighted by Gasteiger charge is -2.34. The second-order valence-corrected chi connectivity index (χ2v) is 7.39. The van der Waals surface area contributed by atoms with Crippen LogP contribution in [0.1, 0.15) is 67.2 Å². The third-order valence-corrected chi connectivity index (χ3v) is 5.12. The lowest BCUT2D eigenvalue weighted by atomic mass is 9.92. The number of likely N-dealkylation sites (tertiary alicyclic amines) is 1. The van der Waals surface area contributed by atoms with E-state index in [-0.39, 0.29) is 30.3 Å². The number of hydrogen-bond donors (Lipinski definition) is 1. The van der Waals surface area contributed by atoms with Crippen molar-refractivity contribution in [2.75, 3.05) is 26.2 Å². The minimum absolute atomic E-state index is 0. The van der Waals surface area contributed by atoms with E-state index >= 15 is 0 Å². The van der Waals surface area contributed by atoms with Crippen LogP contribution in [0.15, 0.2) is 24.3 Å². The Morgan fingerprint density at radius 3 is 2.44 bits per heavy atom. The number of nitrogens with zero attached hydrogens (tertiary/aromatic N) is 2. The van der Waals surface area contributed by atoms with Gasteiger partial charge in [-0.15, -0.1) is 12.4 Å². The monoisotopic (exact) mass is 395 g/mol. The zero-order valence-electron chi connectivity index (χ0n) is 16.8. The first-order valence-electron chi connectivity index (χ1n) is 9.92. The van der Waals surface area contributed by atoms with Crippen LogP contribution in [0.4, 0.5) is 0 Å². The summed E-state index contributed by atoms with van der Waals surface area (Å²) in [4.78, 5) is 29.5. The van der Waals surface area contributed by atoms with E-state index < -0.39 is 0 Å². The SMILES string of the molecule is CCCN(CCC)C(=O)c1cccc(C(=O)N2CCCC(C(C)N)C2)c1.Cl. The topological polar surface area (TPSA) is 66.6 Å². The molecule has 2 amide bonds. The minimum atomic E-state index is 0. The molecule has 0 spiro atoms. The Morgan fingerprint density at radius 1 is 1.22 bits per heavy atom. The zero-order valence-corrected chi connectivity index (χ0v) is 17.6. The van der Waals surface area contributed by atoms with Crippen LogP contribution < -0.4 is 5.73 Å². The second-order valence-electron chi connectivity index (χ2n) is 7.39. The average Bonchev–Trinajstić information content (AvgIpc) is 2.67. The largest absolute Gasteiger partial charge is 0.339 e. The van der Waals surface area contributed by atoms with Gasteiger partial charge in [0.25, 0.3) is 11.8 Å². The molecule has 5 nitrogen and oxygen atoms in total. The van der Waals surface area contributed by atoms with Crippen LogP contribution in [-0.4, -0.2) is 53.8 Å². The normalized spacial score (nSPS) is 17.8. The predicted octanol–water partition coefficient (Wildman–Crippen LogP) is 3.57. The molecule has 1 aromatic carbocycles. The Kier molecular flexibility index (Phi) is 9.81. The van der Waals surface area contributed by atoms with Crippen molar-refractivity contribution >= 4 is 24.2 Å². The van der Waals surface area contributed by atoms with Gasteiger partial charge in [0, 0.05) is 43.3 Å². The van der Waals surface area contributed by atoms with E-state index in [0.29, 0.717) is 23.6 Å². The summed E-state index contributed by atoms with van der Waals surface area (Å²) in [6, 6.07) is 7.26. The Bertz CT molecular complexity index is 615. The highest BCUT2D eigenvalue weighted by Gasteiger charge is 2.27. The van der Waals surface area contributed by atoms with Crippen molar-refractivity contribution in [3.05, 3.63) is 35.4 Å². The fraction of sp³-hybridized carbons (Fsp3) is 0.619. The van der Waals surface area contributed by atoms with E-state index in [2.05, 4.69) is 13.8 Å². The Hall–Kier alpha value is -1.59. The molecule has 1 aromatic rings. The molecule has 0 bridgehead atoms. The smallest absolute Gasteiger partial charge is 0.253 e. The third-order valence-electron chi connectivity index (χ3n) is 5.12. The molecule has 2 N–H and O–H groups in total. The molecule has 1 aliphatic heterocycles. The number of benzene rings is 1. The van der Waals surface area contributed by atoms with Crippen LogP contribution in [0, 0.1) is 5.92 Å². The van der Waals surface area contributed by atoms with Crippen molar-refractivity contribution in [2.24, 2.45) is 11.7 Å². The van der Waals surface area contributed by atoms with E-state index in [4.69, 9.17) is 5.73 Å². The van der Waals surface area contributed by atoms with E-state index in [1.165, 1.54) is 0 Å². The van der Waals surface area contributed by atoms with E-state index in [0.717, 1.165) is 45.3 Å². The number of carbonyl (C=O) groups excluding carboxylic acids is 2. The fourth-order valence-corrected chi connectivity index (χ4v) is 3.63. The highest BCUT2D eigenvalue weighted by atomic mass is 35.5. The van der Waals surface area contributed by atoms with Gasteiger partial charge >= 0.3 is 0 Å². The van der Waals surface area contributed by atoms with Crippen LogP contribution in [0.25, 0.3) is 0 Å². The van der Waals surface area contributed by atoms with Crippen LogP contribution in [0.3, 0.4) is 0 Å². The fourth-order valence-electron chi connectivity index (χ4n) is 3.63. The highest BCUT2D eigenvalue weighted by Crippen LogP contribution is 2.21. The van der Waals surface area contributed by atoms with E-state index in [1.807, 2.05) is 22.8 Å². The number of amides is 2. The molecule has 2 unspecified atom stereocenters. The van der Waals surface area contributed by atoms with Gasteiger partial charge in [-0.3, -0.25) is 9.59 Å². The van der Waals surface area contributed by atoms with Crippen molar-refractivity contribution in [1.82, 2.24) is 9.80 Å². The molecular formula is C21H34ClN3O2. The molecule has 0 radical (unpaired) electrons. The van der Waals surface area contributed by atoms with Gasteiger partial charge in [0.1, 0.15) is 0 Å². The number of carbonyl (C=O) groups is 2. The summed E-state index contributed by atoms with van der Waals surface area (Å²) in [5, 5.41) is 0. The van der Waals surface area contributed by atoms with Gasteiger partial charge in [-0.25, -0.2) is 0 Å². The van der Waals surface area contributed by atoms with Crippen LogP contribution in [0.5, 0.6) is 0 Å². The van der Waals surface area contributed by atoms with Crippen molar-refractivity contribution in [1.29, 1.82) is 0 Å². The molecule has 1 aliphatic rings. The van der Waals surface area contributed by atoms with Gasteiger partial charge in [0.15, 0.2) is 0 Å². The van der Waals surface area contributed by atoms with Crippen LogP contribution in [-0.2, 0) is 0 Å². The van der Waals surface area contributed by atoms with Gasteiger partial charge in [0.2, 0.25) is 0 Å². The number of nitrogens with two attached hydrogens (primary N) is 1. The van der Waals surface area contributed by atoms with Crippen molar-refractivity contribution in [3.63, 3.8) is 0 Å². The summed E-state index contributed by atoms with van der Waals surface area (Å²) in [7, 11) is 0. The summed E-state index contributed by atoms with van der Waals surface area (Å²) in [5.41, 5.74) is 7.22. The van der Waals surface area contributed by atoms with Crippen molar-refractivity contribution < 1.29 is 9.59 Å². The molecule has 2 atom stereocenters. The highest BCUT2D eigenvalue weighted by molar-refractivity contribution is 5.99. The third kappa shape index (κ3) is 6.22. The Labute approximate surface area is 169 Å². The van der Waals surface area contributed by atoms with E-state index in [1.54, 1.807) is 18.2 Å². The number of rotatable bonds is 7. The molecule has 1 fully saturated rings. The number of halogens is 1. The first-order chi connectivity index (χ1) is 12.5. The molecule has 1 heterocycles. The summed E-state index contributed by atoms with van der Waals surface area (Å²) in [5.74, 6) is 0.361. The van der Waals surface area contributed by atoms with Gasteiger partial charge in [0.05, 0.1) is 0 Å². The molecular weight excluding hydrogens is 362 g/mol. The first kappa shape index (κ1) is 23.4. The molecule has 27 heavy (non-hydrogen) atoms. The Morgan fingerprint density at radius 2 is 1.85 bits per heavy atom. The van der Waals surface area contributed by atoms with Crippen LogP contribution in [0.2, 0.25) is 0 Å². The van der Waals surface area contributed by atoms with Crippen molar-refractivity contribution in [3.8, 4) is 0 Å². The predicted molar refractivity (Wildman–Crippen MR) is 112 cm³/mol. The summed E-state index contributed by atoms with van der Waals surface area (Å²) < 4.78 is 0. The average molecular weight is 396 g/mol. The lowest BCUT2D eigenvalue weighted by Crippen LogP contribution is -2.45. The summed E-state index contributed by atoms with van der Waals surface area (Å²) in [6.07, 6.45) is 3.91. The first-order valence-corrected chi connectivity index (χ1v) is 9.92. The van der Waals surface area contributed by atoms with Gasteiger partial charge in [-0.05, 0) is 56.7 Å².